The minimum absolute atomic E-state index is 0.695. The highest BCUT2D eigenvalue weighted by Crippen LogP contribution is 2.28. The van der Waals surface area contributed by atoms with Crippen LogP contribution in [0.1, 0.15) is 12.8 Å². The van der Waals surface area contributed by atoms with Gasteiger partial charge in [0.15, 0.2) is 0 Å². The average molecular weight is 388 g/mol. The summed E-state index contributed by atoms with van der Waals surface area (Å²) in [5.41, 5.74) is 4.41. The van der Waals surface area contributed by atoms with E-state index in [1.165, 1.54) is 12.8 Å². The Hall–Kier alpha value is -3.26. The first kappa shape index (κ1) is 17.8. The SMILES string of the molecule is Cn1cc(-c2cc3c(-c4cccc(NCC5CCNCC5)n4)n[nH]c3cn2)cn1. The predicted molar refractivity (Wildman–Crippen MR) is 113 cm³/mol. The molecule has 1 saturated heterocycles. The molecule has 0 aromatic carbocycles. The molecule has 5 heterocycles. The first-order valence-corrected chi connectivity index (χ1v) is 10.0. The summed E-state index contributed by atoms with van der Waals surface area (Å²) in [5, 5.41) is 19.7. The molecule has 29 heavy (non-hydrogen) atoms. The van der Waals surface area contributed by atoms with Gasteiger partial charge in [0.1, 0.15) is 11.5 Å². The Bertz CT molecular complexity index is 1120. The second-order valence-corrected chi connectivity index (χ2v) is 7.57. The Balaban J connectivity index is 1.42. The summed E-state index contributed by atoms with van der Waals surface area (Å²) < 4.78 is 1.77. The lowest BCUT2D eigenvalue weighted by Gasteiger charge is -2.23. The molecule has 8 nitrogen and oxygen atoms in total. The smallest absolute Gasteiger partial charge is 0.126 e. The van der Waals surface area contributed by atoms with Crippen molar-refractivity contribution in [2.45, 2.75) is 12.8 Å². The van der Waals surface area contributed by atoms with Gasteiger partial charge in [-0.05, 0) is 50.0 Å². The summed E-state index contributed by atoms with van der Waals surface area (Å²) in [6.45, 7) is 3.16. The van der Waals surface area contributed by atoms with E-state index in [1.54, 1.807) is 4.68 Å². The van der Waals surface area contributed by atoms with Gasteiger partial charge in [0.2, 0.25) is 0 Å². The van der Waals surface area contributed by atoms with E-state index in [4.69, 9.17) is 4.98 Å². The topological polar surface area (TPSA) is 96.3 Å². The van der Waals surface area contributed by atoms with Gasteiger partial charge in [-0.2, -0.15) is 10.2 Å². The largest absolute Gasteiger partial charge is 0.370 e. The van der Waals surface area contributed by atoms with Crippen molar-refractivity contribution in [3.63, 3.8) is 0 Å². The fraction of sp³-hybridized carbons (Fsp3) is 0.333. The number of rotatable bonds is 5. The summed E-state index contributed by atoms with van der Waals surface area (Å²) >= 11 is 0. The lowest BCUT2D eigenvalue weighted by atomic mass is 9.98. The van der Waals surface area contributed by atoms with Crippen LogP contribution >= 0.6 is 0 Å². The minimum Gasteiger partial charge on any atom is -0.370 e. The molecule has 0 radical (unpaired) electrons. The number of hydrogen-bond acceptors (Lipinski definition) is 6. The van der Waals surface area contributed by atoms with Crippen LogP contribution in [0.2, 0.25) is 0 Å². The second-order valence-electron chi connectivity index (χ2n) is 7.57. The molecule has 5 rings (SSSR count). The Kier molecular flexibility index (Phi) is 4.69. The van der Waals surface area contributed by atoms with Gasteiger partial charge in [-0.25, -0.2) is 4.98 Å². The van der Waals surface area contributed by atoms with Crippen molar-refractivity contribution in [1.82, 2.24) is 35.3 Å². The molecule has 8 heteroatoms. The maximum Gasteiger partial charge on any atom is 0.126 e. The number of nitrogens with one attached hydrogen (secondary N) is 3. The fourth-order valence-electron chi connectivity index (χ4n) is 3.82. The van der Waals surface area contributed by atoms with Gasteiger partial charge in [0, 0.05) is 30.7 Å². The maximum absolute atomic E-state index is 4.81. The van der Waals surface area contributed by atoms with E-state index in [0.29, 0.717) is 5.92 Å². The number of pyridine rings is 2. The van der Waals surface area contributed by atoms with Crippen LogP contribution in [0, 0.1) is 5.92 Å². The third kappa shape index (κ3) is 3.71. The van der Waals surface area contributed by atoms with Gasteiger partial charge in [0.05, 0.1) is 29.3 Å². The molecule has 1 fully saturated rings. The second kappa shape index (κ2) is 7.63. The van der Waals surface area contributed by atoms with Crippen molar-refractivity contribution >= 4 is 16.7 Å². The molecule has 148 valence electrons. The van der Waals surface area contributed by atoms with Crippen LogP contribution in [0.4, 0.5) is 5.82 Å². The number of aromatic amines is 1. The number of H-pyrrole nitrogens is 1. The highest BCUT2D eigenvalue weighted by Gasteiger charge is 2.15. The summed E-state index contributed by atoms with van der Waals surface area (Å²) in [7, 11) is 1.90. The third-order valence-electron chi connectivity index (χ3n) is 5.47. The molecule has 0 spiro atoms. The Morgan fingerprint density at radius 2 is 2.07 bits per heavy atom. The van der Waals surface area contributed by atoms with E-state index in [2.05, 4.69) is 30.9 Å². The number of nitrogens with zero attached hydrogens (tertiary/aromatic N) is 5. The zero-order valence-corrected chi connectivity index (χ0v) is 16.4. The van der Waals surface area contributed by atoms with Crippen LogP contribution in [-0.4, -0.2) is 49.6 Å². The number of anilines is 1. The van der Waals surface area contributed by atoms with Crippen molar-refractivity contribution in [2.75, 3.05) is 25.0 Å². The van der Waals surface area contributed by atoms with E-state index in [0.717, 1.165) is 59.0 Å². The quantitative estimate of drug-likeness (QED) is 0.486. The predicted octanol–water partition coefficient (Wildman–Crippen LogP) is 2.83. The van der Waals surface area contributed by atoms with Crippen LogP contribution in [0.25, 0.3) is 33.5 Å². The van der Waals surface area contributed by atoms with Crippen molar-refractivity contribution in [3.05, 3.63) is 42.9 Å². The van der Waals surface area contributed by atoms with Crippen LogP contribution in [0.3, 0.4) is 0 Å². The molecular weight excluding hydrogens is 364 g/mol. The molecule has 1 aliphatic heterocycles. The number of aromatic nitrogens is 6. The lowest BCUT2D eigenvalue weighted by Crippen LogP contribution is -2.31. The average Bonchev–Trinajstić information content (AvgIpc) is 3.39. The van der Waals surface area contributed by atoms with Crippen LogP contribution in [-0.2, 0) is 7.05 Å². The molecule has 0 saturated carbocycles. The first-order valence-electron chi connectivity index (χ1n) is 10.0. The highest BCUT2D eigenvalue weighted by molar-refractivity contribution is 5.93. The Morgan fingerprint density at radius 3 is 2.90 bits per heavy atom. The van der Waals surface area contributed by atoms with Crippen LogP contribution < -0.4 is 10.6 Å². The third-order valence-corrected chi connectivity index (χ3v) is 5.47. The van der Waals surface area contributed by atoms with Crippen molar-refractivity contribution < 1.29 is 0 Å². The monoisotopic (exact) mass is 388 g/mol. The zero-order valence-electron chi connectivity index (χ0n) is 16.4. The van der Waals surface area contributed by atoms with Gasteiger partial charge in [-0.3, -0.25) is 14.8 Å². The zero-order chi connectivity index (χ0) is 19.6. The molecule has 3 N–H and O–H groups in total. The lowest BCUT2D eigenvalue weighted by molar-refractivity contribution is 0.389. The van der Waals surface area contributed by atoms with Gasteiger partial charge < -0.3 is 10.6 Å². The van der Waals surface area contributed by atoms with Gasteiger partial charge in [-0.1, -0.05) is 6.07 Å². The molecular formula is C21H24N8. The minimum atomic E-state index is 0.695. The normalized spacial score (nSPS) is 15.1. The standard InChI is InChI=1S/C21H24N8/c1-29-13-15(11-25-29)18-9-16-19(12-23-18)27-28-21(16)17-3-2-4-20(26-17)24-10-14-5-7-22-8-6-14/h2-4,9,11-14,22H,5-8,10H2,1H3,(H,24,26)(H,27,28). The molecule has 0 atom stereocenters. The highest BCUT2D eigenvalue weighted by atomic mass is 15.2. The molecule has 0 bridgehead atoms. The van der Waals surface area contributed by atoms with E-state index < -0.39 is 0 Å². The number of piperidine rings is 1. The van der Waals surface area contributed by atoms with E-state index >= 15 is 0 Å². The van der Waals surface area contributed by atoms with E-state index in [-0.39, 0.29) is 0 Å². The Morgan fingerprint density at radius 1 is 1.17 bits per heavy atom. The summed E-state index contributed by atoms with van der Waals surface area (Å²) in [6, 6.07) is 8.08. The Labute approximate surface area is 168 Å². The van der Waals surface area contributed by atoms with Crippen molar-refractivity contribution in [1.29, 1.82) is 0 Å². The summed E-state index contributed by atoms with van der Waals surface area (Å²) in [6.07, 6.45) is 8.00. The van der Waals surface area contributed by atoms with Gasteiger partial charge >= 0.3 is 0 Å². The molecule has 4 aromatic rings. The molecule has 1 aliphatic rings. The molecule has 0 aliphatic carbocycles. The molecule has 0 unspecified atom stereocenters. The number of hydrogen-bond donors (Lipinski definition) is 3. The fourth-order valence-corrected chi connectivity index (χ4v) is 3.82. The van der Waals surface area contributed by atoms with E-state index in [1.807, 2.05) is 49.9 Å². The number of fused-ring (bicyclic) bond motifs is 1. The van der Waals surface area contributed by atoms with E-state index in [9.17, 15) is 0 Å². The summed E-state index contributed by atoms with van der Waals surface area (Å²) in [4.78, 5) is 9.34. The van der Waals surface area contributed by atoms with Crippen molar-refractivity contribution in [3.8, 4) is 22.6 Å². The van der Waals surface area contributed by atoms with Crippen LogP contribution in [0.15, 0.2) is 42.9 Å². The summed E-state index contributed by atoms with van der Waals surface area (Å²) in [5.74, 6) is 1.58. The first-order chi connectivity index (χ1) is 14.3. The van der Waals surface area contributed by atoms with Crippen LogP contribution in [0.5, 0.6) is 0 Å². The molecule has 0 amide bonds. The maximum atomic E-state index is 4.81. The number of aryl methyl sites for hydroxylation is 1. The molecule has 4 aromatic heterocycles. The van der Waals surface area contributed by atoms with Crippen molar-refractivity contribution in [2.24, 2.45) is 13.0 Å². The van der Waals surface area contributed by atoms with Gasteiger partial charge in [-0.15, -0.1) is 0 Å². The van der Waals surface area contributed by atoms with Gasteiger partial charge in [0.25, 0.3) is 0 Å².